The molecule has 0 saturated carbocycles. The number of nitrogens with zero attached hydrogens (tertiary/aromatic N) is 2. The van der Waals surface area contributed by atoms with E-state index in [0.29, 0.717) is 12.6 Å². The molecule has 3 N–H and O–H groups in total. The van der Waals surface area contributed by atoms with Crippen LogP contribution < -0.4 is 15.4 Å². The third-order valence-corrected chi connectivity index (χ3v) is 5.05. The number of ether oxygens (including phenoxy) is 1. The Balaban J connectivity index is 0.00000300. The fourth-order valence-corrected chi connectivity index (χ4v) is 3.56. The first-order chi connectivity index (χ1) is 13.7. The van der Waals surface area contributed by atoms with Crippen molar-refractivity contribution in [3.63, 3.8) is 0 Å². The number of hydrogen-bond donors (Lipinski definition) is 3. The van der Waals surface area contributed by atoms with Gasteiger partial charge >= 0.3 is 0 Å². The van der Waals surface area contributed by atoms with Crippen molar-refractivity contribution >= 4 is 29.9 Å². The lowest BCUT2D eigenvalue weighted by Gasteiger charge is -2.34. The topological polar surface area (TPSA) is 69.1 Å². The standard InChI is InChI=1S/C22H30N4O2.HI/c1-23-22(24-14-18-13-20(28-2)10-11-21(18)27)25-19-9-6-12-26(16-19)15-17-7-4-3-5-8-17;/h3-5,7-8,10-11,13,19,27H,6,9,12,14-16H2,1-2H3,(H2,23,24,25);1H. The van der Waals surface area contributed by atoms with Crippen molar-refractivity contribution in [1.82, 2.24) is 15.5 Å². The Bertz CT molecular complexity index is 786. The number of likely N-dealkylation sites (tertiary alicyclic amines) is 1. The van der Waals surface area contributed by atoms with Crippen molar-refractivity contribution in [2.75, 3.05) is 27.2 Å². The molecule has 1 fully saturated rings. The van der Waals surface area contributed by atoms with Crippen LogP contribution in [0.5, 0.6) is 11.5 Å². The molecule has 3 rings (SSSR count). The molecule has 1 aliphatic rings. The van der Waals surface area contributed by atoms with Crippen molar-refractivity contribution < 1.29 is 9.84 Å². The molecule has 158 valence electrons. The minimum Gasteiger partial charge on any atom is -0.508 e. The predicted octanol–water partition coefficient (Wildman–Crippen LogP) is 3.35. The summed E-state index contributed by atoms with van der Waals surface area (Å²) in [6.07, 6.45) is 2.29. The highest BCUT2D eigenvalue weighted by Crippen LogP contribution is 2.22. The summed E-state index contributed by atoms with van der Waals surface area (Å²) in [7, 11) is 3.39. The minimum absolute atomic E-state index is 0. The number of phenols is 1. The van der Waals surface area contributed by atoms with Gasteiger partial charge in [0.25, 0.3) is 0 Å². The van der Waals surface area contributed by atoms with Gasteiger partial charge in [-0.2, -0.15) is 0 Å². The van der Waals surface area contributed by atoms with E-state index in [-0.39, 0.29) is 29.7 Å². The number of aromatic hydroxyl groups is 1. The van der Waals surface area contributed by atoms with Crippen LogP contribution in [0.1, 0.15) is 24.0 Å². The van der Waals surface area contributed by atoms with E-state index in [1.54, 1.807) is 26.3 Å². The number of hydrogen-bond acceptors (Lipinski definition) is 4. The van der Waals surface area contributed by atoms with Crippen LogP contribution in [0.3, 0.4) is 0 Å². The number of phenolic OH excluding ortho intramolecular Hbond substituents is 1. The number of benzene rings is 2. The molecule has 2 aromatic carbocycles. The third-order valence-electron chi connectivity index (χ3n) is 5.05. The molecule has 0 spiro atoms. The maximum absolute atomic E-state index is 10.0. The lowest BCUT2D eigenvalue weighted by Crippen LogP contribution is -2.50. The Hall–Kier alpha value is -2.00. The van der Waals surface area contributed by atoms with E-state index in [1.165, 1.54) is 5.56 Å². The van der Waals surface area contributed by atoms with Crippen LogP contribution in [0.25, 0.3) is 0 Å². The molecule has 0 bridgehead atoms. The van der Waals surface area contributed by atoms with E-state index in [0.717, 1.165) is 49.7 Å². The van der Waals surface area contributed by atoms with Crippen molar-refractivity contribution in [1.29, 1.82) is 0 Å². The first-order valence-corrected chi connectivity index (χ1v) is 9.77. The number of rotatable bonds is 6. The lowest BCUT2D eigenvalue weighted by atomic mass is 10.0. The third kappa shape index (κ3) is 7.08. The van der Waals surface area contributed by atoms with E-state index in [1.807, 2.05) is 6.07 Å². The molecule has 1 heterocycles. The van der Waals surface area contributed by atoms with Crippen molar-refractivity contribution in [3.05, 3.63) is 59.7 Å². The van der Waals surface area contributed by atoms with E-state index in [4.69, 9.17) is 4.74 Å². The molecule has 0 aromatic heterocycles. The van der Waals surface area contributed by atoms with Crippen LogP contribution in [0.2, 0.25) is 0 Å². The quantitative estimate of drug-likeness (QED) is 0.316. The molecule has 2 aromatic rings. The zero-order valence-electron chi connectivity index (χ0n) is 17.1. The van der Waals surface area contributed by atoms with E-state index in [9.17, 15) is 5.11 Å². The Morgan fingerprint density at radius 3 is 2.76 bits per heavy atom. The molecule has 0 aliphatic carbocycles. The highest BCUT2D eigenvalue weighted by atomic mass is 127. The van der Waals surface area contributed by atoms with Gasteiger partial charge in [-0.1, -0.05) is 30.3 Å². The van der Waals surface area contributed by atoms with Crippen LogP contribution in [0, 0.1) is 0 Å². The SMILES string of the molecule is CN=C(NCc1cc(OC)ccc1O)NC1CCCN(Cc2ccccc2)C1.I. The zero-order valence-corrected chi connectivity index (χ0v) is 19.4. The van der Waals surface area contributed by atoms with Gasteiger partial charge < -0.3 is 20.5 Å². The molecule has 0 amide bonds. The lowest BCUT2D eigenvalue weighted by molar-refractivity contribution is 0.192. The van der Waals surface area contributed by atoms with Gasteiger partial charge in [-0.3, -0.25) is 9.89 Å². The van der Waals surface area contributed by atoms with Crippen molar-refractivity contribution in [3.8, 4) is 11.5 Å². The van der Waals surface area contributed by atoms with Gasteiger partial charge in [0, 0.05) is 38.3 Å². The Morgan fingerprint density at radius 1 is 1.24 bits per heavy atom. The smallest absolute Gasteiger partial charge is 0.191 e. The Labute approximate surface area is 190 Å². The Kier molecular flexibility index (Phi) is 9.53. The van der Waals surface area contributed by atoms with Crippen LogP contribution in [-0.4, -0.2) is 49.3 Å². The predicted molar refractivity (Wildman–Crippen MR) is 128 cm³/mol. The second kappa shape index (κ2) is 11.9. The maximum atomic E-state index is 10.0. The highest BCUT2D eigenvalue weighted by molar-refractivity contribution is 14.0. The van der Waals surface area contributed by atoms with E-state index >= 15 is 0 Å². The van der Waals surface area contributed by atoms with Crippen molar-refractivity contribution in [2.45, 2.75) is 32.0 Å². The molecular weight excluding hydrogens is 479 g/mol. The average molecular weight is 510 g/mol. The summed E-state index contributed by atoms with van der Waals surface area (Å²) >= 11 is 0. The van der Waals surface area contributed by atoms with Crippen molar-refractivity contribution in [2.24, 2.45) is 4.99 Å². The molecular formula is C22H31IN4O2. The van der Waals surface area contributed by atoms with Gasteiger partial charge in [0.15, 0.2) is 5.96 Å². The van der Waals surface area contributed by atoms with Gasteiger partial charge in [-0.15, -0.1) is 24.0 Å². The minimum atomic E-state index is 0. The van der Waals surface area contributed by atoms with Crippen LogP contribution in [0.4, 0.5) is 0 Å². The number of aliphatic imine (C=N–C) groups is 1. The molecule has 29 heavy (non-hydrogen) atoms. The van der Waals surface area contributed by atoms with Gasteiger partial charge in [-0.05, 0) is 43.1 Å². The van der Waals surface area contributed by atoms with Crippen LogP contribution in [0.15, 0.2) is 53.5 Å². The average Bonchev–Trinajstić information content (AvgIpc) is 2.73. The van der Waals surface area contributed by atoms with Gasteiger partial charge in [-0.25, -0.2) is 0 Å². The van der Waals surface area contributed by atoms with Gasteiger partial charge in [0.05, 0.1) is 7.11 Å². The summed E-state index contributed by atoms with van der Waals surface area (Å²) in [5, 5.41) is 16.9. The van der Waals surface area contributed by atoms with Gasteiger partial charge in [0.1, 0.15) is 11.5 Å². The summed E-state index contributed by atoms with van der Waals surface area (Å²) in [5.41, 5.74) is 2.12. The normalized spacial score (nSPS) is 17.3. The number of halogens is 1. The molecule has 0 radical (unpaired) electrons. The Morgan fingerprint density at radius 2 is 2.03 bits per heavy atom. The molecule has 6 nitrogen and oxygen atoms in total. The fourth-order valence-electron chi connectivity index (χ4n) is 3.56. The monoisotopic (exact) mass is 510 g/mol. The fraction of sp³-hybridized carbons (Fsp3) is 0.409. The maximum Gasteiger partial charge on any atom is 0.191 e. The summed E-state index contributed by atoms with van der Waals surface area (Å²) in [6.45, 7) is 3.56. The van der Waals surface area contributed by atoms with E-state index < -0.39 is 0 Å². The molecule has 1 atom stereocenters. The first-order valence-electron chi connectivity index (χ1n) is 9.77. The number of nitrogens with one attached hydrogen (secondary N) is 2. The second-order valence-corrected chi connectivity index (χ2v) is 7.12. The van der Waals surface area contributed by atoms with Gasteiger partial charge in [0.2, 0.25) is 0 Å². The summed E-state index contributed by atoms with van der Waals surface area (Å²) in [6, 6.07) is 16.2. The molecule has 1 saturated heterocycles. The first kappa shape index (κ1) is 23.3. The van der Waals surface area contributed by atoms with Crippen LogP contribution in [-0.2, 0) is 13.1 Å². The molecule has 1 aliphatic heterocycles. The summed E-state index contributed by atoms with van der Waals surface area (Å²) in [4.78, 5) is 6.83. The summed E-state index contributed by atoms with van der Waals surface area (Å²) in [5.74, 6) is 1.71. The number of piperidine rings is 1. The van der Waals surface area contributed by atoms with Crippen LogP contribution >= 0.6 is 24.0 Å². The zero-order chi connectivity index (χ0) is 19.8. The highest BCUT2D eigenvalue weighted by Gasteiger charge is 2.20. The largest absolute Gasteiger partial charge is 0.508 e. The van der Waals surface area contributed by atoms with E-state index in [2.05, 4.69) is 50.9 Å². The number of methoxy groups -OCH3 is 1. The molecule has 1 unspecified atom stereocenters. The second-order valence-electron chi connectivity index (χ2n) is 7.12. The summed E-state index contributed by atoms with van der Waals surface area (Å²) < 4.78 is 5.23. The molecule has 7 heteroatoms. The number of guanidine groups is 1.